The van der Waals surface area contributed by atoms with Crippen molar-refractivity contribution in [3.63, 3.8) is 0 Å². The van der Waals surface area contributed by atoms with Crippen molar-refractivity contribution < 1.29 is 0 Å². The number of aliphatic imine (C=N–C) groups is 1. The minimum atomic E-state index is 0.650. The Labute approximate surface area is 124 Å². The number of guanidine groups is 1. The van der Waals surface area contributed by atoms with Gasteiger partial charge >= 0.3 is 0 Å². The zero-order valence-corrected chi connectivity index (χ0v) is 13.0. The van der Waals surface area contributed by atoms with E-state index in [0.717, 1.165) is 24.9 Å². The van der Waals surface area contributed by atoms with Gasteiger partial charge in [0.1, 0.15) is 12.2 Å². The first-order valence-electron chi connectivity index (χ1n) is 6.84. The van der Waals surface area contributed by atoms with Crippen LogP contribution in [0.2, 0.25) is 0 Å². The zero-order chi connectivity index (χ0) is 15.2. The molecule has 2 heterocycles. The lowest BCUT2D eigenvalue weighted by Gasteiger charge is -2.21. The number of aryl methyl sites for hydroxylation is 2. The third-order valence-corrected chi connectivity index (χ3v) is 3.14. The van der Waals surface area contributed by atoms with E-state index in [2.05, 4.69) is 25.5 Å². The number of nitrogens with zero attached hydrogens (tertiary/aromatic N) is 7. The maximum Gasteiger partial charge on any atom is 0.193 e. The summed E-state index contributed by atoms with van der Waals surface area (Å²) in [4.78, 5) is 10.5. The van der Waals surface area contributed by atoms with Crippen LogP contribution in [0.15, 0.2) is 23.7 Å². The molecule has 2 aromatic heterocycles. The SMILES string of the molecule is CN=C(NCCn1cc(C)cn1)N(C)Cc1ncnn1C. The van der Waals surface area contributed by atoms with Gasteiger partial charge in [0.05, 0.1) is 19.3 Å². The van der Waals surface area contributed by atoms with Crippen molar-refractivity contribution in [2.24, 2.45) is 12.0 Å². The fourth-order valence-electron chi connectivity index (χ4n) is 2.01. The topological polar surface area (TPSA) is 76.2 Å². The zero-order valence-electron chi connectivity index (χ0n) is 13.0. The van der Waals surface area contributed by atoms with Crippen LogP contribution in [-0.2, 0) is 20.1 Å². The van der Waals surface area contributed by atoms with E-state index in [9.17, 15) is 0 Å². The van der Waals surface area contributed by atoms with Crippen molar-refractivity contribution in [3.05, 3.63) is 30.1 Å². The number of hydrogen-bond donors (Lipinski definition) is 1. The van der Waals surface area contributed by atoms with Crippen molar-refractivity contribution in [1.29, 1.82) is 0 Å². The number of hydrogen-bond acceptors (Lipinski definition) is 4. The molecule has 2 rings (SSSR count). The molecule has 0 fully saturated rings. The van der Waals surface area contributed by atoms with Crippen LogP contribution in [0, 0.1) is 6.92 Å². The summed E-state index contributed by atoms with van der Waals surface area (Å²) in [6, 6.07) is 0. The Kier molecular flexibility index (Phi) is 4.91. The van der Waals surface area contributed by atoms with Gasteiger partial charge < -0.3 is 10.2 Å². The van der Waals surface area contributed by atoms with Crippen molar-refractivity contribution in [2.45, 2.75) is 20.0 Å². The van der Waals surface area contributed by atoms with E-state index in [1.54, 1.807) is 18.1 Å². The van der Waals surface area contributed by atoms with Crippen LogP contribution in [0.5, 0.6) is 0 Å². The van der Waals surface area contributed by atoms with E-state index in [0.29, 0.717) is 6.54 Å². The van der Waals surface area contributed by atoms with E-state index in [1.165, 1.54) is 5.56 Å². The normalized spacial score (nSPS) is 11.7. The van der Waals surface area contributed by atoms with Crippen molar-refractivity contribution in [2.75, 3.05) is 20.6 Å². The van der Waals surface area contributed by atoms with Crippen LogP contribution in [0.1, 0.15) is 11.4 Å². The first kappa shape index (κ1) is 15.0. The lowest BCUT2D eigenvalue weighted by molar-refractivity contribution is 0.445. The number of nitrogens with one attached hydrogen (secondary N) is 1. The molecule has 0 aromatic carbocycles. The highest BCUT2D eigenvalue weighted by Gasteiger charge is 2.09. The average Bonchev–Trinajstić information content (AvgIpc) is 3.04. The molecule has 0 spiro atoms. The van der Waals surface area contributed by atoms with Crippen LogP contribution in [0.25, 0.3) is 0 Å². The van der Waals surface area contributed by atoms with Gasteiger partial charge in [0.2, 0.25) is 0 Å². The molecule has 0 saturated heterocycles. The van der Waals surface area contributed by atoms with Gasteiger partial charge in [-0.2, -0.15) is 10.2 Å². The van der Waals surface area contributed by atoms with Crippen molar-refractivity contribution >= 4 is 5.96 Å². The molecular weight excluding hydrogens is 268 g/mol. The highest BCUT2D eigenvalue weighted by atomic mass is 15.4. The third kappa shape index (κ3) is 4.04. The molecule has 0 radical (unpaired) electrons. The molecule has 21 heavy (non-hydrogen) atoms. The van der Waals surface area contributed by atoms with Gasteiger partial charge in [0.25, 0.3) is 0 Å². The van der Waals surface area contributed by atoms with E-state index in [1.807, 2.05) is 43.0 Å². The van der Waals surface area contributed by atoms with Crippen LogP contribution in [0.4, 0.5) is 0 Å². The molecular formula is C13H22N8. The fourth-order valence-corrected chi connectivity index (χ4v) is 2.01. The van der Waals surface area contributed by atoms with Gasteiger partial charge in [-0.25, -0.2) is 4.98 Å². The third-order valence-electron chi connectivity index (χ3n) is 3.14. The molecule has 0 aliphatic heterocycles. The molecule has 8 nitrogen and oxygen atoms in total. The lowest BCUT2D eigenvalue weighted by Crippen LogP contribution is -2.40. The summed E-state index contributed by atoms with van der Waals surface area (Å²) in [6.07, 6.45) is 5.43. The average molecular weight is 290 g/mol. The lowest BCUT2D eigenvalue weighted by atomic mass is 10.4. The maximum atomic E-state index is 4.28. The smallest absolute Gasteiger partial charge is 0.193 e. The Morgan fingerprint density at radius 3 is 2.81 bits per heavy atom. The predicted molar refractivity (Wildman–Crippen MR) is 80.8 cm³/mol. The second-order valence-electron chi connectivity index (χ2n) is 4.91. The molecule has 0 saturated carbocycles. The summed E-state index contributed by atoms with van der Waals surface area (Å²) in [5.41, 5.74) is 1.17. The summed E-state index contributed by atoms with van der Waals surface area (Å²) >= 11 is 0. The highest BCUT2D eigenvalue weighted by Crippen LogP contribution is 1.98. The van der Waals surface area contributed by atoms with Gasteiger partial charge in [-0.1, -0.05) is 0 Å². The van der Waals surface area contributed by atoms with E-state index >= 15 is 0 Å². The summed E-state index contributed by atoms with van der Waals surface area (Å²) in [5, 5.41) is 11.6. The van der Waals surface area contributed by atoms with Crippen molar-refractivity contribution in [1.82, 2.24) is 34.8 Å². The number of aromatic nitrogens is 5. The first-order chi connectivity index (χ1) is 10.1. The van der Waals surface area contributed by atoms with Gasteiger partial charge in [-0.15, -0.1) is 0 Å². The Balaban J connectivity index is 1.83. The quantitative estimate of drug-likeness (QED) is 0.621. The van der Waals surface area contributed by atoms with Gasteiger partial charge in [0, 0.05) is 33.9 Å². The van der Waals surface area contributed by atoms with E-state index < -0.39 is 0 Å². The molecule has 0 aliphatic carbocycles. The monoisotopic (exact) mass is 290 g/mol. The Morgan fingerprint density at radius 1 is 1.43 bits per heavy atom. The minimum absolute atomic E-state index is 0.650. The number of rotatable bonds is 5. The van der Waals surface area contributed by atoms with Crippen LogP contribution < -0.4 is 5.32 Å². The molecule has 8 heteroatoms. The molecule has 114 valence electrons. The first-order valence-corrected chi connectivity index (χ1v) is 6.84. The largest absolute Gasteiger partial charge is 0.354 e. The molecule has 2 aromatic rings. The minimum Gasteiger partial charge on any atom is -0.354 e. The Bertz CT molecular complexity index is 597. The second-order valence-corrected chi connectivity index (χ2v) is 4.91. The summed E-state index contributed by atoms with van der Waals surface area (Å²) in [5.74, 6) is 1.71. The molecule has 1 N–H and O–H groups in total. The predicted octanol–water partition coefficient (Wildman–Crippen LogP) is 0.0274. The van der Waals surface area contributed by atoms with Gasteiger partial charge in [-0.3, -0.25) is 14.4 Å². The summed E-state index contributed by atoms with van der Waals surface area (Å²) in [7, 11) is 5.63. The Morgan fingerprint density at radius 2 is 2.24 bits per heavy atom. The van der Waals surface area contributed by atoms with Gasteiger partial charge in [0.15, 0.2) is 5.96 Å². The molecule has 0 unspecified atom stereocenters. The molecule has 0 amide bonds. The summed E-state index contributed by atoms with van der Waals surface area (Å²) < 4.78 is 3.68. The van der Waals surface area contributed by atoms with Crippen LogP contribution in [0.3, 0.4) is 0 Å². The molecule has 0 atom stereocenters. The Hall–Kier alpha value is -2.38. The summed E-state index contributed by atoms with van der Waals surface area (Å²) in [6.45, 7) is 4.24. The fraction of sp³-hybridized carbons (Fsp3) is 0.538. The standard InChI is InChI=1S/C13H22N8/c1-11-7-17-21(8-11)6-5-15-13(14-2)19(3)9-12-16-10-18-20(12)4/h7-8,10H,5-6,9H2,1-4H3,(H,14,15). The van der Waals surface area contributed by atoms with E-state index in [-0.39, 0.29) is 0 Å². The maximum absolute atomic E-state index is 4.28. The molecule has 0 aliphatic rings. The second kappa shape index (κ2) is 6.87. The highest BCUT2D eigenvalue weighted by molar-refractivity contribution is 5.79. The van der Waals surface area contributed by atoms with Gasteiger partial charge in [-0.05, 0) is 12.5 Å². The van der Waals surface area contributed by atoms with Crippen LogP contribution in [-0.4, -0.2) is 56.0 Å². The van der Waals surface area contributed by atoms with Crippen LogP contribution >= 0.6 is 0 Å². The van der Waals surface area contributed by atoms with E-state index in [4.69, 9.17) is 0 Å². The van der Waals surface area contributed by atoms with Crippen molar-refractivity contribution in [3.8, 4) is 0 Å². The molecule has 0 bridgehead atoms.